The number of hydrogen-bond donors (Lipinski definition) is 0. The van der Waals surface area contributed by atoms with Crippen LogP contribution in [0, 0.1) is 0 Å². The minimum Gasteiger partial charge on any atom is -0.369 e. The number of morpholine rings is 1. The predicted molar refractivity (Wildman–Crippen MR) is 119 cm³/mol. The molecule has 1 saturated heterocycles. The minimum absolute atomic E-state index is 0.0492. The molecule has 0 amide bonds. The number of hydrogen-bond acceptors (Lipinski definition) is 6. The SMILES string of the molecule is CN(C)c1ncc(CN2CCO[C@@H](c3cccc(Cc4ccccc4Cl)n3)C2)cn1. The van der Waals surface area contributed by atoms with E-state index in [-0.39, 0.29) is 6.10 Å². The fraction of sp³-hybridized carbons (Fsp3) is 0.348. The van der Waals surface area contributed by atoms with Gasteiger partial charge in [-0.3, -0.25) is 9.88 Å². The molecule has 156 valence electrons. The zero-order valence-corrected chi connectivity index (χ0v) is 18.1. The van der Waals surface area contributed by atoms with Crippen molar-refractivity contribution in [3.05, 3.63) is 82.4 Å². The fourth-order valence-electron chi connectivity index (χ4n) is 3.56. The van der Waals surface area contributed by atoms with Gasteiger partial charge in [0.1, 0.15) is 6.10 Å². The number of anilines is 1. The second-order valence-electron chi connectivity index (χ2n) is 7.70. The van der Waals surface area contributed by atoms with E-state index in [0.29, 0.717) is 13.0 Å². The van der Waals surface area contributed by atoms with E-state index in [9.17, 15) is 0 Å². The summed E-state index contributed by atoms with van der Waals surface area (Å²) in [4.78, 5) is 18.0. The normalized spacial score (nSPS) is 17.1. The summed E-state index contributed by atoms with van der Waals surface area (Å²) in [5, 5.41) is 0.771. The maximum atomic E-state index is 6.31. The summed E-state index contributed by atoms with van der Waals surface area (Å²) in [5.74, 6) is 0.720. The van der Waals surface area contributed by atoms with Crippen molar-refractivity contribution in [1.82, 2.24) is 19.9 Å². The molecule has 1 aliphatic heterocycles. The molecule has 0 saturated carbocycles. The molecular formula is C23H26ClN5O. The van der Waals surface area contributed by atoms with Gasteiger partial charge in [0, 0.05) is 68.8 Å². The lowest BCUT2D eigenvalue weighted by Gasteiger charge is -2.32. The molecule has 1 atom stereocenters. The number of rotatable bonds is 6. The molecule has 3 aromatic rings. The maximum absolute atomic E-state index is 6.31. The number of halogens is 1. The molecule has 1 aromatic carbocycles. The summed E-state index contributed by atoms with van der Waals surface area (Å²) in [6.07, 6.45) is 4.45. The van der Waals surface area contributed by atoms with Gasteiger partial charge in [0.05, 0.1) is 12.3 Å². The summed E-state index contributed by atoms with van der Waals surface area (Å²) in [6.45, 7) is 3.15. The molecule has 0 radical (unpaired) electrons. The Labute approximate surface area is 182 Å². The molecule has 0 bridgehead atoms. The van der Waals surface area contributed by atoms with Crippen molar-refractivity contribution in [1.29, 1.82) is 0 Å². The van der Waals surface area contributed by atoms with E-state index in [0.717, 1.165) is 53.1 Å². The first-order valence-electron chi connectivity index (χ1n) is 10.1. The first kappa shape index (κ1) is 20.7. The quantitative estimate of drug-likeness (QED) is 0.601. The van der Waals surface area contributed by atoms with Gasteiger partial charge >= 0.3 is 0 Å². The first-order chi connectivity index (χ1) is 14.6. The Morgan fingerprint density at radius 3 is 2.67 bits per heavy atom. The third kappa shape index (κ3) is 5.14. The highest BCUT2D eigenvalue weighted by Gasteiger charge is 2.23. The van der Waals surface area contributed by atoms with Crippen molar-refractivity contribution in [3.8, 4) is 0 Å². The molecule has 2 aromatic heterocycles. The molecule has 6 nitrogen and oxygen atoms in total. The van der Waals surface area contributed by atoms with Crippen LogP contribution < -0.4 is 4.90 Å². The lowest BCUT2D eigenvalue weighted by Crippen LogP contribution is -2.38. The highest BCUT2D eigenvalue weighted by molar-refractivity contribution is 6.31. The standard InChI is InChI=1S/C23H26ClN5O/c1-28(2)23-25-13-17(14-26-23)15-29-10-11-30-22(16-29)21-9-5-7-19(27-21)12-18-6-3-4-8-20(18)24/h3-9,13-14,22H,10-12,15-16H2,1-2H3/t22-/m1/s1. The second-order valence-corrected chi connectivity index (χ2v) is 8.11. The minimum atomic E-state index is -0.0492. The summed E-state index contributed by atoms with van der Waals surface area (Å²) in [5.41, 5.74) is 4.13. The van der Waals surface area contributed by atoms with Gasteiger partial charge < -0.3 is 9.64 Å². The monoisotopic (exact) mass is 423 g/mol. The van der Waals surface area contributed by atoms with Gasteiger partial charge in [0.15, 0.2) is 0 Å². The molecule has 1 fully saturated rings. The molecule has 30 heavy (non-hydrogen) atoms. The molecule has 1 aliphatic rings. The van der Waals surface area contributed by atoms with Gasteiger partial charge in [-0.1, -0.05) is 35.9 Å². The van der Waals surface area contributed by atoms with Crippen LogP contribution in [-0.2, 0) is 17.7 Å². The van der Waals surface area contributed by atoms with Crippen molar-refractivity contribution in [2.24, 2.45) is 0 Å². The van der Waals surface area contributed by atoms with Crippen molar-refractivity contribution in [2.45, 2.75) is 19.1 Å². The number of ether oxygens (including phenoxy) is 1. The van der Waals surface area contributed by atoms with E-state index in [4.69, 9.17) is 21.3 Å². The zero-order valence-electron chi connectivity index (χ0n) is 17.3. The van der Waals surface area contributed by atoms with E-state index >= 15 is 0 Å². The van der Waals surface area contributed by atoms with Crippen LogP contribution in [-0.4, -0.2) is 53.6 Å². The third-order valence-electron chi connectivity index (χ3n) is 5.14. The molecule has 0 unspecified atom stereocenters. The Bertz CT molecular complexity index is 979. The molecule has 7 heteroatoms. The van der Waals surface area contributed by atoms with Crippen LogP contribution in [0.5, 0.6) is 0 Å². The van der Waals surface area contributed by atoms with E-state index in [1.165, 1.54) is 0 Å². The Kier molecular flexibility index (Phi) is 6.57. The van der Waals surface area contributed by atoms with E-state index in [1.54, 1.807) is 0 Å². The largest absolute Gasteiger partial charge is 0.369 e. The molecule has 0 N–H and O–H groups in total. The van der Waals surface area contributed by atoms with Crippen LogP contribution in [0.2, 0.25) is 5.02 Å². The van der Waals surface area contributed by atoms with Crippen molar-refractivity contribution in [3.63, 3.8) is 0 Å². The first-order valence-corrected chi connectivity index (χ1v) is 10.5. The summed E-state index contributed by atoms with van der Waals surface area (Å²) >= 11 is 6.31. The Hall–Kier alpha value is -2.54. The molecule has 0 spiro atoms. The highest BCUT2D eigenvalue weighted by Crippen LogP contribution is 2.24. The summed E-state index contributed by atoms with van der Waals surface area (Å²) in [7, 11) is 3.88. The van der Waals surface area contributed by atoms with Gasteiger partial charge in [-0.25, -0.2) is 9.97 Å². The lowest BCUT2D eigenvalue weighted by molar-refractivity contribution is -0.0351. The number of pyridine rings is 1. The fourth-order valence-corrected chi connectivity index (χ4v) is 3.76. The topological polar surface area (TPSA) is 54.4 Å². The van der Waals surface area contributed by atoms with E-state index in [1.807, 2.05) is 73.9 Å². The second kappa shape index (κ2) is 9.51. The summed E-state index contributed by atoms with van der Waals surface area (Å²) in [6, 6.07) is 14.0. The molecule has 0 aliphatic carbocycles. The Morgan fingerprint density at radius 2 is 1.90 bits per heavy atom. The average Bonchev–Trinajstić information content (AvgIpc) is 2.76. The van der Waals surface area contributed by atoms with Crippen LogP contribution in [0.15, 0.2) is 54.9 Å². The van der Waals surface area contributed by atoms with Crippen LogP contribution in [0.3, 0.4) is 0 Å². The van der Waals surface area contributed by atoms with Crippen LogP contribution in [0.4, 0.5) is 5.95 Å². The van der Waals surface area contributed by atoms with E-state index < -0.39 is 0 Å². The zero-order chi connectivity index (χ0) is 20.9. The average molecular weight is 424 g/mol. The highest BCUT2D eigenvalue weighted by atomic mass is 35.5. The molecule has 3 heterocycles. The molecular weight excluding hydrogens is 398 g/mol. The van der Waals surface area contributed by atoms with E-state index in [2.05, 4.69) is 14.9 Å². The van der Waals surface area contributed by atoms with Gasteiger partial charge in [-0.15, -0.1) is 0 Å². The Morgan fingerprint density at radius 1 is 1.10 bits per heavy atom. The van der Waals surface area contributed by atoms with Crippen LogP contribution in [0.1, 0.15) is 28.6 Å². The number of benzene rings is 1. The third-order valence-corrected chi connectivity index (χ3v) is 5.50. The van der Waals surface area contributed by atoms with Crippen molar-refractivity contribution >= 4 is 17.5 Å². The van der Waals surface area contributed by atoms with Gasteiger partial charge in [-0.2, -0.15) is 0 Å². The summed E-state index contributed by atoms with van der Waals surface area (Å²) < 4.78 is 6.04. The van der Waals surface area contributed by atoms with Gasteiger partial charge in [0.25, 0.3) is 0 Å². The lowest BCUT2D eigenvalue weighted by atomic mass is 10.1. The predicted octanol–water partition coefficient (Wildman–Crippen LogP) is 3.76. The number of nitrogens with zero attached hydrogens (tertiary/aromatic N) is 5. The molecule has 4 rings (SSSR count). The van der Waals surface area contributed by atoms with Gasteiger partial charge in [0.2, 0.25) is 5.95 Å². The van der Waals surface area contributed by atoms with Crippen LogP contribution >= 0.6 is 11.6 Å². The van der Waals surface area contributed by atoms with Crippen LogP contribution in [0.25, 0.3) is 0 Å². The number of aromatic nitrogens is 3. The maximum Gasteiger partial charge on any atom is 0.224 e. The van der Waals surface area contributed by atoms with Crippen molar-refractivity contribution < 1.29 is 4.74 Å². The van der Waals surface area contributed by atoms with Gasteiger partial charge in [-0.05, 0) is 23.8 Å². The van der Waals surface area contributed by atoms with Crippen molar-refractivity contribution in [2.75, 3.05) is 38.7 Å². The smallest absolute Gasteiger partial charge is 0.224 e. The Balaban J connectivity index is 1.42.